The summed E-state index contributed by atoms with van der Waals surface area (Å²) in [5.41, 5.74) is 2.16. The number of carbonyl (C=O) groups excluding carboxylic acids is 1. The highest BCUT2D eigenvalue weighted by Gasteiger charge is 2.29. The lowest BCUT2D eigenvalue weighted by Gasteiger charge is -2.20. The molecular formula is C20H19N7OS2. The van der Waals surface area contributed by atoms with Crippen molar-refractivity contribution in [3.05, 3.63) is 46.6 Å². The van der Waals surface area contributed by atoms with E-state index in [9.17, 15) is 4.79 Å². The van der Waals surface area contributed by atoms with Crippen molar-refractivity contribution in [1.82, 2.24) is 35.5 Å². The summed E-state index contributed by atoms with van der Waals surface area (Å²) in [6, 6.07) is 9.80. The Labute approximate surface area is 181 Å². The second kappa shape index (κ2) is 7.77. The second-order valence-electron chi connectivity index (χ2n) is 7.12. The highest BCUT2D eigenvalue weighted by molar-refractivity contribution is 7.99. The van der Waals surface area contributed by atoms with Crippen LogP contribution in [0.15, 0.2) is 40.5 Å². The molecule has 1 unspecified atom stereocenters. The quantitative estimate of drug-likeness (QED) is 0.490. The zero-order chi connectivity index (χ0) is 20.7. The van der Waals surface area contributed by atoms with Gasteiger partial charge in [-0.25, -0.2) is 9.97 Å². The molecule has 1 atom stereocenters. The van der Waals surface area contributed by atoms with Gasteiger partial charge in [0, 0.05) is 23.2 Å². The van der Waals surface area contributed by atoms with Crippen molar-refractivity contribution in [2.24, 2.45) is 5.92 Å². The smallest absolute Gasteiger partial charge is 0.223 e. The minimum absolute atomic E-state index is 0.0195. The van der Waals surface area contributed by atoms with E-state index in [0.717, 1.165) is 40.2 Å². The number of amides is 1. The number of nitrogens with zero attached hydrogens (tertiary/aromatic N) is 6. The molecule has 1 aromatic carbocycles. The molecule has 3 heterocycles. The van der Waals surface area contributed by atoms with Gasteiger partial charge in [0.25, 0.3) is 0 Å². The van der Waals surface area contributed by atoms with Gasteiger partial charge in [-0.15, -0.1) is 16.4 Å². The van der Waals surface area contributed by atoms with Gasteiger partial charge in [-0.2, -0.15) is 4.68 Å². The van der Waals surface area contributed by atoms with Crippen LogP contribution < -0.4 is 5.32 Å². The molecule has 1 aliphatic rings. The van der Waals surface area contributed by atoms with Crippen molar-refractivity contribution in [2.45, 2.75) is 36.4 Å². The summed E-state index contributed by atoms with van der Waals surface area (Å²) in [6.45, 7) is 1.90. The summed E-state index contributed by atoms with van der Waals surface area (Å²) in [4.78, 5) is 23.7. The summed E-state index contributed by atoms with van der Waals surface area (Å²) >= 11 is 3.12. The van der Waals surface area contributed by atoms with E-state index >= 15 is 0 Å². The molecule has 152 valence electrons. The van der Waals surface area contributed by atoms with Gasteiger partial charge in [-0.3, -0.25) is 4.79 Å². The molecule has 0 radical (unpaired) electrons. The average Bonchev–Trinajstić information content (AvgIpc) is 3.37. The number of rotatable bonds is 4. The molecule has 10 heteroatoms. The van der Waals surface area contributed by atoms with Crippen LogP contribution in [0.25, 0.3) is 15.9 Å². The number of thiophene rings is 1. The summed E-state index contributed by atoms with van der Waals surface area (Å²) in [6.07, 6.45) is 2.43. The first-order valence-electron chi connectivity index (χ1n) is 9.66. The molecule has 0 saturated heterocycles. The molecule has 1 N–H and O–H groups in total. The molecule has 0 saturated carbocycles. The Bertz CT molecular complexity index is 1230. The molecule has 0 spiro atoms. The Kier molecular flexibility index (Phi) is 4.95. The second-order valence-corrected chi connectivity index (χ2v) is 9.16. The van der Waals surface area contributed by atoms with Crippen LogP contribution in [-0.4, -0.2) is 43.1 Å². The standard InChI is InChI=1S/C20H19N7OS2/c1-11-22-18-16(14-9-8-12(17(28)21-2)10-15(14)29-18)19(23-11)30-20-24-25-26-27(20)13-6-4-3-5-7-13/h3-7,12H,8-10H2,1-2H3,(H,21,28). The van der Waals surface area contributed by atoms with Gasteiger partial charge < -0.3 is 5.32 Å². The van der Waals surface area contributed by atoms with Crippen LogP contribution in [0.5, 0.6) is 0 Å². The van der Waals surface area contributed by atoms with Crippen molar-refractivity contribution < 1.29 is 4.79 Å². The van der Waals surface area contributed by atoms with Crippen molar-refractivity contribution in [2.75, 3.05) is 7.05 Å². The Morgan fingerprint density at radius 2 is 2.10 bits per heavy atom. The zero-order valence-corrected chi connectivity index (χ0v) is 18.1. The van der Waals surface area contributed by atoms with Gasteiger partial charge in [-0.1, -0.05) is 18.2 Å². The van der Waals surface area contributed by atoms with Crippen molar-refractivity contribution in [3.63, 3.8) is 0 Å². The van der Waals surface area contributed by atoms with Gasteiger partial charge in [0.15, 0.2) is 0 Å². The number of carbonyl (C=O) groups is 1. The van der Waals surface area contributed by atoms with E-state index in [1.165, 1.54) is 22.2 Å². The largest absolute Gasteiger partial charge is 0.359 e. The first kappa shape index (κ1) is 19.1. The Morgan fingerprint density at radius 1 is 1.27 bits per heavy atom. The third kappa shape index (κ3) is 3.35. The molecule has 1 amide bonds. The minimum atomic E-state index is 0.0195. The maximum atomic E-state index is 12.1. The average molecular weight is 438 g/mol. The normalized spacial score (nSPS) is 15.9. The highest BCUT2D eigenvalue weighted by atomic mass is 32.2. The number of fused-ring (bicyclic) bond motifs is 3. The molecule has 1 aliphatic carbocycles. The highest BCUT2D eigenvalue weighted by Crippen LogP contribution is 2.42. The van der Waals surface area contributed by atoms with E-state index < -0.39 is 0 Å². The van der Waals surface area contributed by atoms with E-state index in [-0.39, 0.29) is 11.8 Å². The van der Waals surface area contributed by atoms with Crippen LogP contribution in [0.3, 0.4) is 0 Å². The summed E-state index contributed by atoms with van der Waals surface area (Å²) in [5, 5.41) is 17.6. The zero-order valence-electron chi connectivity index (χ0n) is 16.5. The molecule has 3 aromatic heterocycles. The summed E-state index contributed by atoms with van der Waals surface area (Å²) in [5.74, 6) is 0.841. The Balaban J connectivity index is 1.56. The van der Waals surface area contributed by atoms with E-state index in [2.05, 4.69) is 25.8 Å². The van der Waals surface area contributed by atoms with Crippen molar-refractivity contribution in [1.29, 1.82) is 0 Å². The summed E-state index contributed by atoms with van der Waals surface area (Å²) < 4.78 is 1.72. The van der Waals surface area contributed by atoms with E-state index in [1.54, 1.807) is 23.1 Å². The molecule has 0 bridgehead atoms. The first-order chi connectivity index (χ1) is 14.6. The third-order valence-corrected chi connectivity index (χ3v) is 7.31. The fourth-order valence-corrected chi connectivity index (χ4v) is 6.20. The lowest BCUT2D eigenvalue weighted by Crippen LogP contribution is -2.31. The number of hydrogen-bond acceptors (Lipinski definition) is 8. The van der Waals surface area contributed by atoms with Crippen LogP contribution in [-0.2, 0) is 17.6 Å². The van der Waals surface area contributed by atoms with Gasteiger partial charge in [0.2, 0.25) is 11.1 Å². The fourth-order valence-electron chi connectivity index (χ4n) is 3.81. The lowest BCUT2D eigenvalue weighted by atomic mass is 9.87. The van der Waals surface area contributed by atoms with Crippen molar-refractivity contribution in [3.8, 4) is 5.69 Å². The number of para-hydroxylation sites is 1. The number of aromatic nitrogens is 6. The number of aryl methyl sites for hydroxylation is 2. The maximum Gasteiger partial charge on any atom is 0.223 e. The van der Waals surface area contributed by atoms with E-state index in [1.807, 2.05) is 37.3 Å². The predicted octanol–water partition coefficient (Wildman–Crippen LogP) is 2.98. The van der Waals surface area contributed by atoms with Gasteiger partial charge in [0.1, 0.15) is 15.7 Å². The number of benzene rings is 1. The van der Waals surface area contributed by atoms with E-state index in [4.69, 9.17) is 4.98 Å². The lowest BCUT2D eigenvalue weighted by molar-refractivity contribution is -0.124. The van der Waals surface area contributed by atoms with Crippen LogP contribution in [0.4, 0.5) is 0 Å². The summed E-state index contributed by atoms with van der Waals surface area (Å²) in [7, 11) is 1.70. The minimum Gasteiger partial charge on any atom is -0.359 e. The Hall–Kier alpha value is -2.85. The molecule has 0 fully saturated rings. The van der Waals surface area contributed by atoms with E-state index in [0.29, 0.717) is 11.0 Å². The fraction of sp³-hybridized carbons (Fsp3) is 0.300. The molecule has 4 aromatic rings. The molecule has 5 rings (SSSR count). The number of tetrazole rings is 1. The SMILES string of the molecule is CNC(=O)C1CCc2c(sc3nc(C)nc(Sc4nnnn4-c4ccccc4)c23)C1. The maximum absolute atomic E-state index is 12.1. The number of nitrogens with one attached hydrogen (secondary N) is 1. The monoisotopic (exact) mass is 437 g/mol. The predicted molar refractivity (Wildman–Crippen MR) is 115 cm³/mol. The van der Waals surface area contributed by atoms with Gasteiger partial charge in [0.05, 0.1) is 5.69 Å². The van der Waals surface area contributed by atoms with Crippen LogP contribution >= 0.6 is 23.1 Å². The molecule has 0 aliphatic heterocycles. The number of hydrogen-bond donors (Lipinski definition) is 1. The first-order valence-corrected chi connectivity index (χ1v) is 11.3. The van der Waals surface area contributed by atoms with Crippen LogP contribution in [0.1, 0.15) is 22.7 Å². The van der Waals surface area contributed by atoms with Crippen LogP contribution in [0.2, 0.25) is 0 Å². The Morgan fingerprint density at radius 3 is 2.90 bits per heavy atom. The van der Waals surface area contributed by atoms with Gasteiger partial charge in [-0.05, 0) is 66.1 Å². The van der Waals surface area contributed by atoms with Crippen LogP contribution in [0, 0.1) is 12.8 Å². The molecule has 30 heavy (non-hydrogen) atoms. The van der Waals surface area contributed by atoms with Crippen molar-refractivity contribution >= 4 is 39.2 Å². The molecule has 8 nitrogen and oxygen atoms in total. The molecular weight excluding hydrogens is 418 g/mol. The topological polar surface area (TPSA) is 98.5 Å². The third-order valence-electron chi connectivity index (χ3n) is 5.23. The van der Waals surface area contributed by atoms with Gasteiger partial charge >= 0.3 is 0 Å².